The number of carbonyl (C=O) groups is 1. The summed E-state index contributed by atoms with van der Waals surface area (Å²) in [5.74, 6) is 0.206. The number of nitrogen functional groups attached to an aromatic ring is 1. The minimum atomic E-state index is -0.306. The molecule has 0 spiro atoms. The molecule has 1 aromatic carbocycles. The number of hydrogen-bond acceptors (Lipinski definition) is 7. The van der Waals surface area contributed by atoms with Crippen molar-refractivity contribution in [2.75, 3.05) is 42.3 Å². The highest BCUT2D eigenvalue weighted by molar-refractivity contribution is 5.89. The maximum atomic E-state index is 12.4. The van der Waals surface area contributed by atoms with Gasteiger partial charge in [-0.1, -0.05) is 18.2 Å². The van der Waals surface area contributed by atoms with Gasteiger partial charge in [-0.05, 0) is 17.7 Å². The number of aromatic nitrogens is 3. The van der Waals surface area contributed by atoms with Crippen molar-refractivity contribution in [3.05, 3.63) is 60.7 Å². The summed E-state index contributed by atoms with van der Waals surface area (Å²) >= 11 is 0. The highest BCUT2D eigenvalue weighted by Crippen LogP contribution is 2.22. The number of nitrogens with one attached hydrogen (secondary N) is 2. The molecule has 4 N–H and O–H groups in total. The standard InChI is InChI=1S/C21H23N7O2/c22-20-24-12-17(13-25-20)16-9-18(14-23-10-16)27-21(29)26-11-15-3-1-2-4-19(15)28-5-7-30-8-6-28/h1-4,9-10,12-14H,5-8,11H2,(H2,22,24,25)(H2,26,27,29). The van der Waals surface area contributed by atoms with Gasteiger partial charge in [0.1, 0.15) is 0 Å². The third kappa shape index (κ3) is 4.81. The Morgan fingerprint density at radius 2 is 1.83 bits per heavy atom. The molecule has 154 valence electrons. The van der Waals surface area contributed by atoms with Crippen LogP contribution in [-0.4, -0.2) is 47.3 Å². The lowest BCUT2D eigenvalue weighted by atomic mass is 10.1. The predicted molar refractivity (Wildman–Crippen MR) is 115 cm³/mol. The van der Waals surface area contributed by atoms with Gasteiger partial charge in [0.2, 0.25) is 5.95 Å². The molecule has 0 unspecified atom stereocenters. The minimum absolute atomic E-state index is 0.206. The SMILES string of the molecule is Nc1ncc(-c2cncc(NC(=O)NCc3ccccc3N3CCOCC3)c2)cn1. The van der Waals surface area contributed by atoms with Crippen molar-refractivity contribution in [1.29, 1.82) is 0 Å². The van der Waals surface area contributed by atoms with E-state index in [0.29, 0.717) is 25.4 Å². The van der Waals surface area contributed by atoms with Crippen LogP contribution < -0.4 is 21.3 Å². The Bertz CT molecular complexity index is 1000. The van der Waals surface area contributed by atoms with Crippen LogP contribution in [0.4, 0.5) is 22.1 Å². The average Bonchev–Trinajstić information content (AvgIpc) is 2.79. The van der Waals surface area contributed by atoms with Crippen LogP contribution in [0.25, 0.3) is 11.1 Å². The van der Waals surface area contributed by atoms with Gasteiger partial charge in [0.05, 0.1) is 25.1 Å². The van der Waals surface area contributed by atoms with Crippen molar-refractivity contribution in [3.63, 3.8) is 0 Å². The Hall–Kier alpha value is -3.72. The lowest BCUT2D eigenvalue weighted by molar-refractivity contribution is 0.122. The second-order valence-electron chi connectivity index (χ2n) is 6.83. The molecule has 1 saturated heterocycles. The van der Waals surface area contributed by atoms with Crippen molar-refractivity contribution in [3.8, 4) is 11.1 Å². The summed E-state index contributed by atoms with van der Waals surface area (Å²) < 4.78 is 5.43. The Balaban J connectivity index is 1.39. The zero-order valence-corrected chi connectivity index (χ0v) is 16.4. The highest BCUT2D eigenvalue weighted by atomic mass is 16.5. The van der Waals surface area contributed by atoms with Crippen LogP contribution in [0.2, 0.25) is 0 Å². The minimum Gasteiger partial charge on any atom is -0.378 e. The maximum absolute atomic E-state index is 12.4. The lowest BCUT2D eigenvalue weighted by Crippen LogP contribution is -2.37. The zero-order valence-electron chi connectivity index (χ0n) is 16.4. The number of nitrogens with zero attached hydrogens (tertiary/aromatic N) is 4. The van der Waals surface area contributed by atoms with E-state index in [0.717, 1.165) is 35.5 Å². The Kier molecular flexibility index (Phi) is 6.00. The molecule has 2 amide bonds. The number of nitrogens with two attached hydrogens (primary N) is 1. The fourth-order valence-electron chi connectivity index (χ4n) is 3.28. The molecule has 0 radical (unpaired) electrons. The maximum Gasteiger partial charge on any atom is 0.319 e. The topological polar surface area (TPSA) is 118 Å². The number of pyridine rings is 1. The second-order valence-corrected chi connectivity index (χ2v) is 6.83. The summed E-state index contributed by atoms with van der Waals surface area (Å²) in [5.41, 5.74) is 9.82. The van der Waals surface area contributed by atoms with Crippen molar-refractivity contribution < 1.29 is 9.53 Å². The third-order valence-corrected chi connectivity index (χ3v) is 4.78. The van der Waals surface area contributed by atoms with E-state index in [2.05, 4.69) is 36.6 Å². The Labute approximate surface area is 174 Å². The smallest absolute Gasteiger partial charge is 0.319 e. The van der Waals surface area contributed by atoms with Crippen LogP contribution in [0.3, 0.4) is 0 Å². The van der Waals surface area contributed by atoms with E-state index < -0.39 is 0 Å². The summed E-state index contributed by atoms with van der Waals surface area (Å²) in [6.45, 7) is 3.53. The van der Waals surface area contributed by atoms with E-state index in [9.17, 15) is 4.79 Å². The summed E-state index contributed by atoms with van der Waals surface area (Å²) in [7, 11) is 0. The monoisotopic (exact) mass is 405 g/mol. The Morgan fingerprint density at radius 1 is 1.07 bits per heavy atom. The number of rotatable bonds is 5. The van der Waals surface area contributed by atoms with Crippen LogP contribution in [0.15, 0.2) is 55.1 Å². The number of para-hydroxylation sites is 1. The molecule has 3 aromatic rings. The predicted octanol–water partition coefficient (Wildman–Crippen LogP) is 2.28. The first-order chi connectivity index (χ1) is 14.7. The normalized spacial score (nSPS) is 13.7. The molecule has 0 aliphatic carbocycles. The number of urea groups is 1. The molecule has 1 aliphatic heterocycles. The molecule has 3 heterocycles. The quantitative estimate of drug-likeness (QED) is 0.596. The molecule has 30 heavy (non-hydrogen) atoms. The van der Waals surface area contributed by atoms with Crippen molar-refractivity contribution >= 4 is 23.4 Å². The van der Waals surface area contributed by atoms with E-state index in [1.807, 2.05) is 24.3 Å². The molecule has 9 heteroatoms. The van der Waals surface area contributed by atoms with E-state index in [1.165, 1.54) is 0 Å². The van der Waals surface area contributed by atoms with Gasteiger partial charge in [-0.2, -0.15) is 0 Å². The van der Waals surface area contributed by atoms with Crippen LogP contribution in [0.5, 0.6) is 0 Å². The molecule has 9 nitrogen and oxygen atoms in total. The van der Waals surface area contributed by atoms with Gasteiger partial charge in [-0.3, -0.25) is 4.98 Å². The molecule has 1 fully saturated rings. The zero-order chi connectivity index (χ0) is 20.8. The van der Waals surface area contributed by atoms with Crippen molar-refractivity contribution in [2.45, 2.75) is 6.54 Å². The first kappa shape index (κ1) is 19.6. The van der Waals surface area contributed by atoms with Gasteiger partial charge < -0.3 is 26.0 Å². The number of anilines is 3. The Morgan fingerprint density at radius 3 is 2.63 bits per heavy atom. The van der Waals surface area contributed by atoms with Crippen molar-refractivity contribution in [1.82, 2.24) is 20.3 Å². The lowest BCUT2D eigenvalue weighted by Gasteiger charge is -2.30. The second kappa shape index (κ2) is 9.19. The fourth-order valence-corrected chi connectivity index (χ4v) is 3.28. The van der Waals surface area contributed by atoms with E-state index in [1.54, 1.807) is 24.8 Å². The number of ether oxygens (including phenoxy) is 1. The van der Waals surface area contributed by atoms with Gasteiger partial charge in [0.25, 0.3) is 0 Å². The van der Waals surface area contributed by atoms with E-state index in [-0.39, 0.29) is 12.0 Å². The first-order valence-electron chi connectivity index (χ1n) is 9.67. The van der Waals surface area contributed by atoms with Gasteiger partial charge in [-0.15, -0.1) is 0 Å². The molecular formula is C21H23N7O2. The molecule has 2 aromatic heterocycles. The van der Waals surface area contributed by atoms with Crippen LogP contribution in [0.1, 0.15) is 5.56 Å². The van der Waals surface area contributed by atoms with E-state index >= 15 is 0 Å². The summed E-state index contributed by atoms with van der Waals surface area (Å²) in [4.78, 5) is 26.9. The van der Waals surface area contributed by atoms with Gasteiger partial charge >= 0.3 is 6.03 Å². The molecule has 0 saturated carbocycles. The highest BCUT2D eigenvalue weighted by Gasteiger charge is 2.15. The molecule has 4 rings (SSSR count). The van der Waals surface area contributed by atoms with Gasteiger partial charge in [-0.25, -0.2) is 14.8 Å². The number of benzene rings is 1. The summed E-state index contributed by atoms with van der Waals surface area (Å²) in [6, 6.07) is 9.58. The third-order valence-electron chi connectivity index (χ3n) is 4.78. The number of carbonyl (C=O) groups excluding carboxylic acids is 1. The molecule has 0 bridgehead atoms. The molecule has 1 aliphatic rings. The van der Waals surface area contributed by atoms with Crippen LogP contribution >= 0.6 is 0 Å². The van der Waals surface area contributed by atoms with Gasteiger partial charge in [0.15, 0.2) is 0 Å². The van der Waals surface area contributed by atoms with Gasteiger partial charge in [0, 0.05) is 55.0 Å². The summed E-state index contributed by atoms with van der Waals surface area (Å²) in [5, 5.41) is 5.74. The fraction of sp³-hybridized carbons (Fsp3) is 0.238. The summed E-state index contributed by atoms with van der Waals surface area (Å²) in [6.07, 6.45) is 6.50. The van der Waals surface area contributed by atoms with E-state index in [4.69, 9.17) is 10.5 Å². The van der Waals surface area contributed by atoms with Crippen LogP contribution in [0, 0.1) is 0 Å². The molecule has 0 atom stereocenters. The van der Waals surface area contributed by atoms with Crippen LogP contribution in [-0.2, 0) is 11.3 Å². The first-order valence-corrected chi connectivity index (χ1v) is 9.67. The molecular weight excluding hydrogens is 382 g/mol. The number of hydrogen-bond donors (Lipinski definition) is 3. The van der Waals surface area contributed by atoms with Crippen molar-refractivity contribution in [2.24, 2.45) is 0 Å². The average molecular weight is 405 g/mol. The number of amides is 2. The number of morpholine rings is 1. The largest absolute Gasteiger partial charge is 0.378 e.